The fourth-order valence-electron chi connectivity index (χ4n) is 2.49. The molecule has 2 rings (SSSR count). The highest BCUT2D eigenvalue weighted by Crippen LogP contribution is 2.26. The Morgan fingerprint density at radius 3 is 2.89 bits per heavy atom. The maximum atomic E-state index is 13.2. The zero-order valence-electron chi connectivity index (χ0n) is 10.8. The number of halogens is 1. The van der Waals surface area contributed by atoms with Crippen molar-refractivity contribution in [2.75, 3.05) is 12.3 Å². The Morgan fingerprint density at radius 1 is 1.44 bits per heavy atom. The predicted molar refractivity (Wildman–Crippen MR) is 69.7 cm³/mol. The number of hydrogen-bond donors (Lipinski definition) is 1. The Balaban J connectivity index is 2.27. The van der Waals surface area contributed by atoms with E-state index < -0.39 is 5.82 Å². The molecule has 4 heteroatoms. The van der Waals surface area contributed by atoms with Crippen molar-refractivity contribution >= 4 is 11.6 Å². The van der Waals surface area contributed by atoms with E-state index in [0.717, 1.165) is 19.4 Å². The Bertz CT molecular complexity index is 461. The lowest BCUT2D eigenvalue weighted by Gasteiger charge is -2.38. The van der Waals surface area contributed by atoms with Gasteiger partial charge in [0.05, 0.1) is 5.56 Å². The van der Waals surface area contributed by atoms with Gasteiger partial charge in [0.25, 0.3) is 5.91 Å². The monoisotopic (exact) mass is 250 g/mol. The number of piperidine rings is 1. The van der Waals surface area contributed by atoms with Crippen LogP contribution >= 0.6 is 0 Å². The molecular weight excluding hydrogens is 231 g/mol. The van der Waals surface area contributed by atoms with E-state index >= 15 is 0 Å². The summed E-state index contributed by atoms with van der Waals surface area (Å²) in [7, 11) is 0. The van der Waals surface area contributed by atoms with Crippen LogP contribution in [-0.4, -0.2) is 23.4 Å². The number of rotatable bonds is 1. The fraction of sp³-hybridized carbons (Fsp3) is 0.500. The van der Waals surface area contributed by atoms with E-state index in [9.17, 15) is 9.18 Å². The van der Waals surface area contributed by atoms with E-state index in [4.69, 9.17) is 5.73 Å². The summed E-state index contributed by atoms with van der Waals surface area (Å²) in [6.07, 6.45) is 2.12. The number of benzene rings is 1. The van der Waals surface area contributed by atoms with E-state index in [0.29, 0.717) is 11.6 Å². The molecule has 98 valence electrons. The van der Waals surface area contributed by atoms with Gasteiger partial charge in [-0.05, 0) is 43.9 Å². The molecule has 0 saturated carbocycles. The van der Waals surface area contributed by atoms with Gasteiger partial charge < -0.3 is 10.6 Å². The summed E-state index contributed by atoms with van der Waals surface area (Å²) in [6, 6.07) is 4.12. The van der Waals surface area contributed by atoms with Gasteiger partial charge in [-0.15, -0.1) is 0 Å². The van der Waals surface area contributed by atoms with Gasteiger partial charge >= 0.3 is 0 Å². The van der Waals surface area contributed by atoms with Crippen LogP contribution in [0.3, 0.4) is 0 Å². The average Bonchev–Trinajstić information content (AvgIpc) is 2.35. The van der Waals surface area contributed by atoms with Gasteiger partial charge in [-0.1, -0.05) is 6.92 Å². The van der Waals surface area contributed by atoms with Crippen molar-refractivity contribution < 1.29 is 9.18 Å². The molecule has 2 unspecified atom stereocenters. The highest BCUT2D eigenvalue weighted by atomic mass is 19.1. The average molecular weight is 250 g/mol. The van der Waals surface area contributed by atoms with Gasteiger partial charge in [-0.2, -0.15) is 0 Å². The van der Waals surface area contributed by atoms with E-state index in [-0.39, 0.29) is 17.5 Å². The molecule has 0 radical (unpaired) electrons. The van der Waals surface area contributed by atoms with Gasteiger partial charge in [-0.3, -0.25) is 4.79 Å². The van der Waals surface area contributed by atoms with Crippen LogP contribution in [0.5, 0.6) is 0 Å². The fourth-order valence-corrected chi connectivity index (χ4v) is 2.49. The molecule has 1 aliphatic rings. The summed E-state index contributed by atoms with van der Waals surface area (Å²) in [4.78, 5) is 14.2. The molecule has 1 aromatic carbocycles. The zero-order valence-corrected chi connectivity index (χ0v) is 10.8. The highest BCUT2D eigenvalue weighted by molar-refractivity contribution is 5.99. The lowest BCUT2D eigenvalue weighted by Crippen LogP contribution is -2.46. The molecule has 0 aliphatic carbocycles. The summed E-state index contributed by atoms with van der Waals surface area (Å²) in [6.45, 7) is 4.90. The van der Waals surface area contributed by atoms with E-state index in [2.05, 4.69) is 6.92 Å². The van der Waals surface area contributed by atoms with Crippen molar-refractivity contribution in [2.45, 2.75) is 32.7 Å². The molecule has 0 spiro atoms. The lowest BCUT2D eigenvalue weighted by atomic mass is 9.91. The number of hydrogen-bond acceptors (Lipinski definition) is 2. The molecular formula is C14H19FN2O. The number of anilines is 1. The number of nitrogen functional groups attached to an aromatic ring is 1. The third kappa shape index (κ3) is 2.33. The van der Waals surface area contributed by atoms with Crippen molar-refractivity contribution in [1.29, 1.82) is 0 Å². The first kappa shape index (κ1) is 12.9. The largest absolute Gasteiger partial charge is 0.398 e. The van der Waals surface area contributed by atoms with Gasteiger partial charge in [0.1, 0.15) is 5.82 Å². The molecule has 0 bridgehead atoms. The normalized spacial score (nSPS) is 24.1. The third-order valence-corrected chi connectivity index (χ3v) is 3.88. The Hall–Kier alpha value is -1.58. The minimum Gasteiger partial charge on any atom is -0.398 e. The number of likely N-dealkylation sites (tertiary alicyclic amines) is 1. The van der Waals surface area contributed by atoms with Gasteiger partial charge in [0.15, 0.2) is 0 Å². The second-order valence-electron chi connectivity index (χ2n) is 5.09. The lowest BCUT2D eigenvalue weighted by molar-refractivity contribution is 0.0551. The van der Waals surface area contributed by atoms with Crippen LogP contribution in [0.15, 0.2) is 18.2 Å². The Morgan fingerprint density at radius 2 is 2.17 bits per heavy atom. The van der Waals surface area contributed by atoms with E-state index in [1.165, 1.54) is 18.2 Å². The van der Waals surface area contributed by atoms with Crippen LogP contribution in [0.4, 0.5) is 10.1 Å². The summed E-state index contributed by atoms with van der Waals surface area (Å²) < 4.78 is 13.2. The smallest absolute Gasteiger partial charge is 0.256 e. The number of amides is 1. The summed E-state index contributed by atoms with van der Waals surface area (Å²) in [5.41, 5.74) is 6.38. The number of carbonyl (C=O) groups excluding carboxylic acids is 1. The van der Waals surface area contributed by atoms with Crippen molar-refractivity contribution in [1.82, 2.24) is 4.90 Å². The van der Waals surface area contributed by atoms with Crippen LogP contribution in [-0.2, 0) is 0 Å². The van der Waals surface area contributed by atoms with Crippen molar-refractivity contribution in [3.8, 4) is 0 Å². The van der Waals surface area contributed by atoms with Crippen molar-refractivity contribution in [2.24, 2.45) is 5.92 Å². The number of nitrogens with two attached hydrogens (primary N) is 1. The van der Waals surface area contributed by atoms with Gasteiger partial charge in [0.2, 0.25) is 0 Å². The second kappa shape index (κ2) is 4.96. The molecule has 2 N–H and O–H groups in total. The number of nitrogens with zero attached hydrogens (tertiary/aromatic N) is 1. The van der Waals surface area contributed by atoms with Gasteiger partial charge in [-0.25, -0.2) is 4.39 Å². The molecule has 1 aliphatic heterocycles. The summed E-state index contributed by atoms with van der Waals surface area (Å²) >= 11 is 0. The molecule has 1 heterocycles. The topological polar surface area (TPSA) is 46.3 Å². The molecule has 1 saturated heterocycles. The van der Waals surface area contributed by atoms with Crippen LogP contribution in [0, 0.1) is 11.7 Å². The molecule has 1 fully saturated rings. The third-order valence-electron chi connectivity index (χ3n) is 3.88. The SMILES string of the molecule is CC1CCCN(C(=O)c2cc(F)ccc2N)C1C. The minimum absolute atomic E-state index is 0.161. The van der Waals surface area contributed by atoms with Crippen molar-refractivity contribution in [3.05, 3.63) is 29.6 Å². The van der Waals surface area contributed by atoms with Crippen molar-refractivity contribution in [3.63, 3.8) is 0 Å². The second-order valence-corrected chi connectivity index (χ2v) is 5.09. The van der Waals surface area contributed by atoms with Crippen LogP contribution < -0.4 is 5.73 Å². The van der Waals surface area contributed by atoms with Crippen LogP contribution in [0.2, 0.25) is 0 Å². The standard InChI is InChI=1S/C14H19FN2O/c1-9-4-3-7-17(10(9)2)14(18)12-8-11(15)5-6-13(12)16/h5-6,8-10H,3-4,7,16H2,1-2H3. The molecule has 0 aromatic heterocycles. The van der Waals surface area contributed by atoms with E-state index in [1.54, 1.807) is 4.90 Å². The first-order valence-electron chi connectivity index (χ1n) is 6.36. The maximum absolute atomic E-state index is 13.2. The Labute approximate surface area is 107 Å². The van der Waals surface area contributed by atoms with Crippen LogP contribution in [0.25, 0.3) is 0 Å². The zero-order chi connectivity index (χ0) is 13.3. The Kier molecular flexibility index (Phi) is 3.55. The molecule has 18 heavy (non-hydrogen) atoms. The summed E-state index contributed by atoms with van der Waals surface area (Å²) in [5.74, 6) is -0.117. The molecule has 2 atom stereocenters. The summed E-state index contributed by atoms with van der Waals surface area (Å²) in [5, 5.41) is 0. The highest BCUT2D eigenvalue weighted by Gasteiger charge is 2.29. The van der Waals surface area contributed by atoms with E-state index in [1.807, 2.05) is 6.92 Å². The predicted octanol–water partition coefficient (Wildman–Crippen LogP) is 2.67. The molecule has 3 nitrogen and oxygen atoms in total. The molecule has 1 amide bonds. The minimum atomic E-state index is -0.426. The van der Waals surface area contributed by atoms with Gasteiger partial charge in [0, 0.05) is 18.3 Å². The van der Waals surface area contributed by atoms with Crippen LogP contribution in [0.1, 0.15) is 37.0 Å². The first-order valence-corrected chi connectivity index (χ1v) is 6.36. The number of carbonyl (C=O) groups is 1. The molecule has 1 aromatic rings. The quantitative estimate of drug-likeness (QED) is 0.779. The maximum Gasteiger partial charge on any atom is 0.256 e. The first-order chi connectivity index (χ1) is 8.50.